The smallest absolute Gasteiger partial charge is 0.373 e. The molecular weight excluding hydrogens is 246 g/mol. The van der Waals surface area contributed by atoms with E-state index in [1.165, 1.54) is 0 Å². The van der Waals surface area contributed by atoms with Gasteiger partial charge in [0.25, 0.3) is 0 Å². The van der Waals surface area contributed by atoms with Gasteiger partial charge >= 0.3 is 16.8 Å². The number of ether oxygens (including phenoxy) is 1. The van der Waals surface area contributed by atoms with E-state index in [1.54, 1.807) is 0 Å². The second-order valence-corrected chi connectivity index (χ2v) is 5.66. The zero-order valence-electron chi connectivity index (χ0n) is 8.18. The summed E-state index contributed by atoms with van der Waals surface area (Å²) in [5.74, 6) is 0. The van der Waals surface area contributed by atoms with Gasteiger partial charge in [-0.05, 0) is 19.8 Å². The van der Waals surface area contributed by atoms with E-state index < -0.39 is 16.8 Å². The highest BCUT2D eigenvalue weighted by Gasteiger charge is 2.44. The third kappa shape index (κ3) is 5.45. The highest BCUT2D eigenvalue weighted by atomic mass is 31.3. The minimum Gasteiger partial charge on any atom is -0.373 e. The average molecular weight is 261 g/mol. The van der Waals surface area contributed by atoms with Gasteiger partial charge in [-0.1, -0.05) is 4.31 Å². The van der Waals surface area contributed by atoms with Crippen LogP contribution in [0.5, 0.6) is 0 Å². The highest BCUT2D eigenvalue weighted by molar-refractivity contribution is 7.62. The molecule has 0 aromatic rings. The van der Waals surface area contributed by atoms with Crippen molar-refractivity contribution >= 4 is 16.8 Å². The van der Waals surface area contributed by atoms with Crippen molar-refractivity contribution in [3.05, 3.63) is 0 Å². The average Bonchev–Trinajstić information content (AvgIpc) is 2.46. The predicted molar refractivity (Wildman–Crippen MR) is 53.3 cm³/mol. The third-order valence-corrected chi connectivity index (χ3v) is 3.85. The summed E-state index contributed by atoms with van der Waals surface area (Å²) in [5, 5.41) is 0. The van der Waals surface area contributed by atoms with Crippen LogP contribution in [0.25, 0.3) is 0 Å². The van der Waals surface area contributed by atoms with Crippen LogP contribution in [0, 0.1) is 0 Å². The molecule has 4 N–H and O–H groups in total. The summed E-state index contributed by atoms with van der Waals surface area (Å²) in [6.45, 7) is 1.88. The van der Waals surface area contributed by atoms with Gasteiger partial charge in [-0.15, -0.1) is 0 Å². The van der Waals surface area contributed by atoms with Crippen molar-refractivity contribution in [1.29, 1.82) is 0 Å². The summed E-state index contributed by atoms with van der Waals surface area (Å²) in [5.41, 5.74) is 0. The van der Waals surface area contributed by atoms with E-state index in [2.05, 4.69) is 8.83 Å². The fourth-order valence-corrected chi connectivity index (χ4v) is 2.62. The molecule has 2 unspecified atom stereocenters. The molecule has 2 atom stereocenters. The Morgan fingerprint density at radius 2 is 2.07 bits per heavy atom. The standard InChI is InChI=1S/C6H15O7P2/c1-5-2-3-6(12-5)4-11-15(9,10)13-14(7)8/h5-10H,2-4H2,1H3/q+1. The summed E-state index contributed by atoms with van der Waals surface area (Å²) in [4.78, 5) is 35.0. The van der Waals surface area contributed by atoms with Gasteiger partial charge in [-0.3, -0.25) is 0 Å². The fourth-order valence-electron chi connectivity index (χ4n) is 1.31. The summed E-state index contributed by atoms with van der Waals surface area (Å²) >= 11 is 0. The minimum absolute atomic E-state index is 0.0334. The summed E-state index contributed by atoms with van der Waals surface area (Å²) in [6.07, 6.45) is 1.60. The van der Waals surface area contributed by atoms with E-state index in [4.69, 9.17) is 24.3 Å². The lowest BCUT2D eigenvalue weighted by molar-refractivity contribution is 0.0141. The first kappa shape index (κ1) is 13.6. The second kappa shape index (κ2) is 5.77. The Morgan fingerprint density at radius 3 is 2.53 bits per heavy atom. The number of rotatable bonds is 5. The van der Waals surface area contributed by atoms with E-state index in [0.29, 0.717) is 0 Å². The van der Waals surface area contributed by atoms with Crippen molar-refractivity contribution in [2.24, 2.45) is 0 Å². The first-order chi connectivity index (χ1) is 6.89. The molecule has 0 saturated carbocycles. The quantitative estimate of drug-likeness (QED) is 0.532. The van der Waals surface area contributed by atoms with Crippen LogP contribution >= 0.6 is 16.8 Å². The van der Waals surface area contributed by atoms with Crippen LogP contribution in [0.15, 0.2) is 0 Å². The molecule has 7 nitrogen and oxygen atoms in total. The first-order valence-electron chi connectivity index (χ1n) is 4.41. The zero-order valence-corrected chi connectivity index (χ0v) is 9.97. The van der Waals surface area contributed by atoms with Crippen molar-refractivity contribution in [3.63, 3.8) is 0 Å². The van der Waals surface area contributed by atoms with Crippen molar-refractivity contribution in [2.45, 2.75) is 32.0 Å². The maximum atomic E-state index is 9.07. The van der Waals surface area contributed by atoms with E-state index in [1.807, 2.05) is 6.92 Å². The molecule has 0 aromatic heterocycles. The van der Waals surface area contributed by atoms with Crippen LogP contribution in [0.3, 0.4) is 0 Å². The lowest BCUT2D eigenvalue weighted by Gasteiger charge is -2.12. The van der Waals surface area contributed by atoms with Crippen LogP contribution in [-0.4, -0.2) is 38.4 Å². The molecule has 1 saturated heterocycles. The Bertz CT molecular complexity index is 200. The van der Waals surface area contributed by atoms with Crippen molar-refractivity contribution in [1.82, 2.24) is 0 Å². The Kier molecular flexibility index (Phi) is 5.25. The van der Waals surface area contributed by atoms with Gasteiger partial charge < -0.3 is 14.5 Å². The molecule has 0 aliphatic carbocycles. The molecule has 1 aliphatic rings. The van der Waals surface area contributed by atoms with Crippen LogP contribution in [0.2, 0.25) is 0 Å². The SMILES string of the molecule is CC1CCC(CO[P+](O)(O)OP(O)O)O1. The summed E-state index contributed by atoms with van der Waals surface area (Å²) < 4.78 is 14.0. The third-order valence-electron chi connectivity index (χ3n) is 1.93. The molecule has 0 spiro atoms. The van der Waals surface area contributed by atoms with E-state index in [0.717, 1.165) is 12.8 Å². The Balaban J connectivity index is 2.23. The van der Waals surface area contributed by atoms with Crippen LogP contribution < -0.4 is 0 Å². The molecule has 1 heterocycles. The van der Waals surface area contributed by atoms with Crippen LogP contribution in [-0.2, 0) is 13.6 Å². The molecule has 1 aliphatic heterocycles. The summed E-state index contributed by atoms with van der Waals surface area (Å²) in [6, 6.07) is 0. The maximum absolute atomic E-state index is 9.07. The molecule has 15 heavy (non-hydrogen) atoms. The van der Waals surface area contributed by atoms with Crippen molar-refractivity contribution in [3.8, 4) is 0 Å². The van der Waals surface area contributed by atoms with Crippen molar-refractivity contribution < 1.29 is 33.1 Å². The largest absolute Gasteiger partial charge is 0.578 e. The highest BCUT2D eigenvalue weighted by Crippen LogP contribution is 2.60. The van der Waals surface area contributed by atoms with E-state index in [9.17, 15) is 0 Å². The maximum Gasteiger partial charge on any atom is 0.578 e. The van der Waals surface area contributed by atoms with Gasteiger partial charge in [0.2, 0.25) is 0 Å². The number of hydrogen-bond acceptors (Lipinski definition) is 7. The van der Waals surface area contributed by atoms with Crippen LogP contribution in [0.4, 0.5) is 0 Å². The Morgan fingerprint density at radius 1 is 1.40 bits per heavy atom. The van der Waals surface area contributed by atoms with Gasteiger partial charge in [-0.25, -0.2) is 0 Å². The van der Waals surface area contributed by atoms with E-state index in [-0.39, 0.29) is 18.8 Å². The van der Waals surface area contributed by atoms with Gasteiger partial charge in [0.1, 0.15) is 6.61 Å². The molecular formula is C6H15O7P2+. The first-order valence-corrected chi connectivity index (χ1v) is 7.11. The fraction of sp³-hybridized carbons (Fsp3) is 1.00. The monoisotopic (exact) mass is 261 g/mol. The van der Waals surface area contributed by atoms with E-state index >= 15 is 0 Å². The van der Waals surface area contributed by atoms with Gasteiger partial charge in [0.05, 0.1) is 12.2 Å². The number of hydrogen-bond donors (Lipinski definition) is 4. The van der Waals surface area contributed by atoms with Gasteiger partial charge in [-0.2, -0.15) is 14.3 Å². The second-order valence-electron chi connectivity index (χ2n) is 3.27. The Hall–Kier alpha value is 0.580. The van der Waals surface area contributed by atoms with Gasteiger partial charge in [0, 0.05) is 0 Å². The molecule has 9 heteroatoms. The zero-order chi connectivity index (χ0) is 11.5. The topological polar surface area (TPSA) is 109 Å². The molecule has 1 fully saturated rings. The molecule has 90 valence electrons. The summed E-state index contributed by atoms with van der Waals surface area (Å²) in [7, 11) is -6.96. The molecule has 0 aromatic carbocycles. The van der Waals surface area contributed by atoms with Gasteiger partial charge in [0.15, 0.2) is 0 Å². The Labute approximate surface area is 89.3 Å². The van der Waals surface area contributed by atoms with Crippen molar-refractivity contribution in [2.75, 3.05) is 6.61 Å². The molecule has 0 amide bonds. The van der Waals surface area contributed by atoms with Crippen LogP contribution in [0.1, 0.15) is 19.8 Å². The normalized spacial score (nSPS) is 27.6. The molecule has 1 rings (SSSR count). The molecule has 0 bridgehead atoms. The predicted octanol–water partition coefficient (Wildman–Crippen LogP) is 0.461. The minimum atomic E-state index is -4.12. The lowest BCUT2D eigenvalue weighted by atomic mass is 10.2. The lowest BCUT2D eigenvalue weighted by Crippen LogP contribution is -2.16. The molecule has 0 radical (unpaired) electrons.